The van der Waals surface area contributed by atoms with Crippen molar-refractivity contribution in [1.82, 2.24) is 0 Å². The van der Waals surface area contributed by atoms with Gasteiger partial charge in [0, 0.05) is 0 Å². The molecule has 0 saturated heterocycles. The maximum atomic E-state index is 10.3. The Kier molecular flexibility index (Phi) is 8.18. The molecule has 0 atom stereocenters. The molecule has 0 spiro atoms. The van der Waals surface area contributed by atoms with Crippen molar-refractivity contribution in [2.24, 2.45) is 0 Å². The van der Waals surface area contributed by atoms with Gasteiger partial charge in [0.25, 0.3) is 0 Å². The van der Waals surface area contributed by atoms with Crippen molar-refractivity contribution >= 4 is 140 Å². The van der Waals surface area contributed by atoms with Gasteiger partial charge < -0.3 is 0 Å². The van der Waals surface area contributed by atoms with Gasteiger partial charge in [-0.25, -0.2) is 0 Å². The fraction of sp³-hybridized carbons (Fsp3) is 0. The van der Waals surface area contributed by atoms with Crippen molar-refractivity contribution in [2.45, 2.75) is 0 Å². The van der Waals surface area contributed by atoms with Crippen molar-refractivity contribution in [3.05, 3.63) is 556 Å². The Bertz CT molecular complexity index is 15900. The number of hydrogen-bond donors (Lipinski definition) is 0. The third-order valence-electron chi connectivity index (χ3n) is 22.4. The summed E-state index contributed by atoms with van der Waals surface area (Å²) in [5.41, 5.74) is -21.7. The molecule has 0 heteroatoms. The topological polar surface area (TPSA) is 0 Å². The van der Waals surface area contributed by atoms with Gasteiger partial charge in [-0.1, -0.05) is 502 Å². The van der Waals surface area contributed by atoms with E-state index < -0.39 is 829 Å². The molecule has 0 bridgehead atoms. The molecule has 0 nitrogen and oxygen atoms in total. The first-order valence-corrected chi connectivity index (χ1v) is 41.8. The van der Waals surface area contributed by atoms with Crippen LogP contribution in [-0.4, -0.2) is 0 Å². The number of hydrogen-bond acceptors (Lipinski definition) is 0. The van der Waals surface area contributed by atoms with Gasteiger partial charge in [0.15, 0.2) is 0 Å². The van der Waals surface area contributed by atoms with E-state index in [4.69, 9.17) is 78.1 Å². The Morgan fingerprint density at radius 3 is 0.549 bits per heavy atom. The van der Waals surface area contributed by atoms with Gasteiger partial charge in [-0.2, -0.15) is 0 Å². The monoisotopic (exact) mass is 1890 g/mol. The minimum atomic E-state index is -1.22. The zero-order valence-corrected chi connectivity index (χ0v) is 71.0. The molecule has 142 heavy (non-hydrogen) atoms. The first-order chi connectivity index (χ1) is 109. The number of benzene rings is 28. The van der Waals surface area contributed by atoms with Crippen LogP contribution in [-0.2, 0) is 0 Å². The maximum absolute atomic E-state index is 10.3. The van der Waals surface area contributed by atoms with Crippen LogP contribution in [0.5, 0.6) is 0 Å². The first kappa shape index (κ1) is 32.1. The zero-order valence-electron chi connectivity index (χ0n) is 163. The van der Waals surface area contributed by atoms with Gasteiger partial charge in [0.1, 0.15) is 0 Å². The lowest BCUT2D eigenvalue weighted by atomic mass is 9.83. The van der Waals surface area contributed by atoms with Crippen LogP contribution in [0.2, 0.25) is 0 Å². The highest BCUT2D eigenvalue weighted by molar-refractivity contribution is 6.27. The molecule has 0 N–H and O–H groups in total. The average molecular weight is 1890 g/mol. The van der Waals surface area contributed by atoms with Gasteiger partial charge in [-0.05, 0) is 328 Å². The van der Waals surface area contributed by atoms with E-state index >= 15 is 0 Å². The molecule has 28 aromatic rings. The summed E-state index contributed by atoms with van der Waals surface area (Å²) in [5.74, 6) is 0. The van der Waals surface area contributed by atoms with Crippen LogP contribution in [0.3, 0.4) is 0 Å². The quantitative estimate of drug-likeness (QED) is 0.107. The average Bonchev–Trinajstić information content (AvgIpc) is 0.687. The van der Waals surface area contributed by atoms with Gasteiger partial charge in [-0.15, -0.1) is 0 Å². The SMILES string of the molecule is [2H]c1c([2H])c(-c2c([2H])c([2H])c([2H])c3c([2H])c([2H])c([2H])c([2H])c23)c([2H])c(-c2c3c([2H])c([2H])c([2H])c([2H])c3c(-c3c([2H])c([2H])c4c([2H])c([2H])c([2H])c([2H])c4c3[2H])c3c([2H])c(-c4c([2H])c([2H])c([2H])c5c([2H])c([2H])c([2H])c([2H])c45)c([2H])c([2H])c23)c1[2H].[2H]c1c([2H])c([2H])c(-c2c([2H])c([2H])c3c(-c4c([2H])c([2H])c([2H])c(-c5c([2H])c([2H])c([2H])c6c([2H])c([2H])c([2H])c([2H])c56)c4[2H])c4c([2H])c([2H])c([2H])c([2H])c4c(-c4c([2H])c([2H])c5c([2H])c([2H])c([2H])c([2H])c5c4[2H])c3c2[2H])c([2H])c1[2H].[2H]c1c([2H])c([2H])c(-c2c([2H])c([2H])c3c(-c4c([2H])c([2H])c5c([2H])c([2H])c([2H])c([2H])c5c4[2H])c4c([2H])c([2H])c([2H])c([2H])c4c(-c4c([2H])c([2H])c([2H])c(-c5c([2H])c([2H])c([2H])c6c([2H])c([2H])c([2H])c([2H])c56)c4[2H])c3c2[2H])c([2H])c1[2H]. The Morgan fingerprint density at radius 2 is 0.261 bits per heavy atom. The lowest BCUT2D eigenvalue weighted by Crippen LogP contribution is -1.92. The van der Waals surface area contributed by atoms with E-state index in [1.165, 1.54) is 0 Å². The largest absolute Gasteiger partial charge is 0.0636 e. The molecule has 0 unspecified atom stereocenters. The molecular weight excluding hydrogens is 1710 g/mol. The van der Waals surface area contributed by atoms with E-state index in [1.807, 2.05) is 0 Å². The van der Waals surface area contributed by atoms with E-state index in [2.05, 4.69) is 0 Å². The van der Waals surface area contributed by atoms with Crippen LogP contribution >= 0.6 is 0 Å². The molecule has 28 aromatic carbocycles. The lowest BCUT2D eigenvalue weighted by molar-refractivity contribution is 1.62. The van der Waals surface area contributed by atoms with Gasteiger partial charge >= 0.3 is 0 Å². The Balaban J connectivity index is 0.000000159. The summed E-state index contributed by atoms with van der Waals surface area (Å²) in [6, 6.07) is -93.7. The minimum absolute atomic E-state index is 0.641. The molecule has 0 saturated carbocycles. The fourth-order valence-corrected chi connectivity index (χ4v) is 16.3. The molecule has 0 aliphatic carbocycles. The second kappa shape index (κ2) is 36.2. The van der Waals surface area contributed by atoms with E-state index in [1.54, 1.807) is 0 Å². The molecule has 0 aliphatic rings. The highest BCUT2D eigenvalue weighted by Crippen LogP contribution is 2.52. The molecule has 660 valence electrons. The lowest BCUT2D eigenvalue weighted by Gasteiger charge is -2.20. The van der Waals surface area contributed by atoms with Crippen LogP contribution in [0, 0.1) is 0 Å². The summed E-state index contributed by atoms with van der Waals surface area (Å²) < 4.78 is 832. The van der Waals surface area contributed by atoms with Crippen molar-refractivity contribution in [2.75, 3.05) is 0 Å². The fourth-order valence-electron chi connectivity index (χ4n) is 16.3. The number of rotatable bonds is 12. The van der Waals surface area contributed by atoms with Crippen LogP contribution in [0.4, 0.5) is 0 Å². The number of fused-ring (bicyclic) bond motifs is 13. The molecular formula is C142H92. The third-order valence-corrected chi connectivity index (χ3v) is 22.4. The standard InChI is InChI=1S/C50H32.2C46H30/c1-2-15-36-30-40(27-26-33(36)12-1)50-46-23-8-7-22-45(46)49(39-19-9-18-37(31-39)43-24-10-16-34-13-3-5-20-41(34)43)47-29-28-38(32-48(47)50)44-25-11-17-35-14-4-6-21-42(35)44;1-2-12-31(13-3-1)35-26-27-43-44(30-35)46(37-19-10-18-36(29-37)40-23-11-17-33-15-6-7-20-39(33)40)42-22-9-8-21-41(42)45(43)38-25-24-32-14-4-5-16-34(32)28-38;1-2-12-31(13-3-1)35-26-27-43-44(30-35)46(38-25-24-32-14-4-5-16-34(32)28-38)42-22-9-8-21-41(42)45(43)37-19-10-18-36(29-37)40-23-11-17-33-15-6-7-20-39(33)40/h1-32H;2*1-30H/i1D,2D,3D,4D,5D,6D,7D,8D,9D,10D,11D,12D,13D,14D,15D,16D,17D,18D,19D,20D,21D,22D,23D,24D,25D,26D,27D,28D,29D,30D,31D,32D;2*1D,2D,3D,4D,5D,6D,7D,8D,9D,10D,11D,12D,13D,14D,15D,16D,17D,18D,19D,20D,21D,22D,23D,24D,25D,26D,27D,28D,29D,30D. The second-order valence-electron chi connectivity index (χ2n) is 30.2. The minimum Gasteiger partial charge on any atom is -0.0622 e. The second-order valence-corrected chi connectivity index (χ2v) is 30.2. The molecule has 28 rings (SSSR count). The summed E-state index contributed by atoms with van der Waals surface area (Å²) in [4.78, 5) is 0. The Morgan fingerprint density at radius 1 is 0.0845 bits per heavy atom. The van der Waals surface area contributed by atoms with Gasteiger partial charge in [-0.3, -0.25) is 0 Å². The van der Waals surface area contributed by atoms with Crippen molar-refractivity contribution in [3.8, 4) is 134 Å². The normalized spacial score (nSPS) is 20.6. The smallest absolute Gasteiger partial charge is 0.0622 e. The van der Waals surface area contributed by atoms with E-state index in [-0.39, 0.29) is 0 Å². The van der Waals surface area contributed by atoms with Crippen LogP contribution in [0.1, 0.15) is 126 Å². The maximum Gasteiger partial charge on any atom is 0.0636 e. The van der Waals surface area contributed by atoms with Gasteiger partial charge in [0.05, 0.1) is 126 Å². The van der Waals surface area contributed by atoms with Gasteiger partial charge in [0.2, 0.25) is 0 Å². The molecule has 0 aliphatic heterocycles. The van der Waals surface area contributed by atoms with Crippen LogP contribution < -0.4 is 0 Å². The predicted octanol–water partition coefficient (Wildman–Crippen LogP) is 40.1. The highest BCUT2D eigenvalue weighted by Gasteiger charge is 2.25. The van der Waals surface area contributed by atoms with Crippen molar-refractivity contribution in [3.63, 3.8) is 0 Å². The summed E-state index contributed by atoms with van der Waals surface area (Å²) in [6.07, 6.45) is 0. The Hall–Kier alpha value is -18.5. The first-order valence-electron chi connectivity index (χ1n) is 87.8. The Labute approximate surface area is 954 Å². The highest BCUT2D eigenvalue weighted by atomic mass is 14.3. The van der Waals surface area contributed by atoms with Crippen LogP contribution in [0.25, 0.3) is 274 Å². The summed E-state index contributed by atoms with van der Waals surface area (Å²) in [6.45, 7) is 0. The van der Waals surface area contributed by atoms with E-state index in [0.29, 0.717) is 0 Å². The van der Waals surface area contributed by atoms with Crippen molar-refractivity contribution < 1.29 is 126 Å². The van der Waals surface area contributed by atoms with E-state index in [9.17, 15) is 48.0 Å². The third kappa shape index (κ3) is 15.3. The van der Waals surface area contributed by atoms with Crippen molar-refractivity contribution in [1.29, 1.82) is 0 Å². The molecule has 0 amide bonds. The zero-order chi connectivity index (χ0) is 174. The summed E-state index contributed by atoms with van der Waals surface area (Å²) in [7, 11) is 0. The molecule has 0 aromatic heterocycles. The molecule has 0 heterocycles. The van der Waals surface area contributed by atoms with E-state index in [0.717, 1.165) is 0 Å². The summed E-state index contributed by atoms with van der Waals surface area (Å²) >= 11 is 0. The molecule has 0 radical (unpaired) electrons. The predicted molar refractivity (Wildman–Crippen MR) is 612 cm³/mol. The summed E-state index contributed by atoms with van der Waals surface area (Å²) in [5, 5.41) is -20.4. The van der Waals surface area contributed by atoms with Crippen LogP contribution in [0.15, 0.2) is 556 Å². The molecule has 0 fully saturated rings.